The second kappa shape index (κ2) is 8.92. The number of benzene rings is 3. The van der Waals surface area contributed by atoms with E-state index in [1.807, 2.05) is 36.4 Å². The zero-order valence-corrected chi connectivity index (χ0v) is 16.7. The topological polar surface area (TPSA) is 55.8 Å². The summed E-state index contributed by atoms with van der Waals surface area (Å²) >= 11 is 5.83. The van der Waals surface area contributed by atoms with E-state index in [1.54, 1.807) is 14.2 Å². The minimum Gasteiger partial charge on any atom is -0.497 e. The average Bonchev–Trinajstić information content (AvgIpc) is 2.71. The van der Waals surface area contributed by atoms with E-state index in [0.29, 0.717) is 6.54 Å². The van der Waals surface area contributed by atoms with Gasteiger partial charge in [-0.1, -0.05) is 35.9 Å². The number of esters is 1. The van der Waals surface area contributed by atoms with Crippen LogP contribution in [0.25, 0.3) is 10.8 Å². The smallest absolute Gasteiger partial charge is 0.343 e. The zero-order valence-electron chi connectivity index (χ0n) is 15.9. The first-order valence-corrected chi connectivity index (χ1v) is 9.18. The van der Waals surface area contributed by atoms with Gasteiger partial charge in [0.2, 0.25) is 0 Å². The molecule has 0 N–H and O–H groups in total. The summed E-state index contributed by atoms with van der Waals surface area (Å²) in [5.74, 6) is -1.42. The fraction of sp³-hybridized carbons (Fsp3) is 0.182. The van der Waals surface area contributed by atoms with Crippen molar-refractivity contribution >= 4 is 34.2 Å². The van der Waals surface area contributed by atoms with Gasteiger partial charge in [-0.05, 0) is 46.7 Å². The van der Waals surface area contributed by atoms with Gasteiger partial charge < -0.3 is 14.4 Å². The van der Waals surface area contributed by atoms with Crippen molar-refractivity contribution < 1.29 is 23.5 Å². The number of likely N-dealkylation sites (N-methyl/N-ethyl adjacent to an activating group) is 1. The van der Waals surface area contributed by atoms with E-state index < -0.39 is 24.3 Å². The molecule has 0 aromatic heterocycles. The maximum absolute atomic E-state index is 13.8. The van der Waals surface area contributed by atoms with Crippen LogP contribution < -0.4 is 4.74 Å². The summed E-state index contributed by atoms with van der Waals surface area (Å²) in [5.41, 5.74) is 0.538. The number of methoxy groups -OCH3 is 1. The zero-order chi connectivity index (χ0) is 21.0. The normalized spacial score (nSPS) is 10.6. The Balaban J connectivity index is 1.62. The summed E-state index contributed by atoms with van der Waals surface area (Å²) < 4.78 is 23.9. The van der Waals surface area contributed by atoms with Crippen molar-refractivity contribution in [2.75, 3.05) is 20.8 Å². The van der Waals surface area contributed by atoms with E-state index in [4.69, 9.17) is 21.1 Å². The van der Waals surface area contributed by atoms with Gasteiger partial charge in [0, 0.05) is 13.6 Å². The molecule has 0 spiro atoms. The summed E-state index contributed by atoms with van der Waals surface area (Å²) in [6.45, 7) is -0.177. The molecule has 0 fully saturated rings. The predicted octanol–water partition coefficient (Wildman–Crippen LogP) is 4.46. The second-order valence-corrected chi connectivity index (χ2v) is 6.88. The maximum atomic E-state index is 13.8. The highest BCUT2D eigenvalue weighted by Gasteiger charge is 2.19. The largest absolute Gasteiger partial charge is 0.497 e. The fourth-order valence-corrected chi connectivity index (χ4v) is 3.10. The molecule has 150 valence electrons. The van der Waals surface area contributed by atoms with E-state index in [9.17, 15) is 14.0 Å². The number of hydrogen-bond donors (Lipinski definition) is 0. The number of ether oxygens (including phenoxy) is 2. The predicted molar refractivity (Wildman–Crippen MR) is 109 cm³/mol. The van der Waals surface area contributed by atoms with Gasteiger partial charge in [0.25, 0.3) is 5.91 Å². The third kappa shape index (κ3) is 4.84. The van der Waals surface area contributed by atoms with Crippen LogP contribution in [-0.4, -0.2) is 37.5 Å². The average molecular weight is 416 g/mol. The van der Waals surface area contributed by atoms with Crippen LogP contribution in [0.15, 0.2) is 54.6 Å². The summed E-state index contributed by atoms with van der Waals surface area (Å²) in [6, 6.07) is 15.4. The van der Waals surface area contributed by atoms with Gasteiger partial charge in [-0.3, -0.25) is 4.79 Å². The third-order valence-corrected chi connectivity index (χ3v) is 4.77. The number of halogens is 2. The van der Waals surface area contributed by atoms with E-state index in [-0.39, 0.29) is 10.6 Å². The van der Waals surface area contributed by atoms with Crippen LogP contribution in [0.1, 0.15) is 15.9 Å². The van der Waals surface area contributed by atoms with Crippen LogP contribution in [0.4, 0.5) is 4.39 Å². The van der Waals surface area contributed by atoms with Crippen LogP contribution in [-0.2, 0) is 16.1 Å². The van der Waals surface area contributed by atoms with Gasteiger partial charge >= 0.3 is 5.97 Å². The highest BCUT2D eigenvalue weighted by Crippen LogP contribution is 2.23. The third-order valence-electron chi connectivity index (χ3n) is 4.45. The first-order chi connectivity index (χ1) is 13.9. The highest BCUT2D eigenvalue weighted by atomic mass is 35.5. The number of fused-ring (bicyclic) bond motifs is 1. The van der Waals surface area contributed by atoms with E-state index >= 15 is 0 Å². The molecule has 0 aliphatic rings. The lowest BCUT2D eigenvalue weighted by Crippen LogP contribution is -2.31. The Kier molecular flexibility index (Phi) is 6.34. The molecule has 0 aliphatic heterocycles. The highest BCUT2D eigenvalue weighted by molar-refractivity contribution is 6.33. The van der Waals surface area contributed by atoms with E-state index in [2.05, 4.69) is 0 Å². The van der Waals surface area contributed by atoms with Crippen molar-refractivity contribution in [1.82, 2.24) is 4.90 Å². The number of carbonyl (C=O) groups is 2. The molecule has 0 unspecified atom stereocenters. The molecule has 5 nitrogen and oxygen atoms in total. The summed E-state index contributed by atoms with van der Waals surface area (Å²) in [4.78, 5) is 25.8. The van der Waals surface area contributed by atoms with Crippen molar-refractivity contribution in [3.8, 4) is 5.75 Å². The Labute approximate surface area is 172 Å². The van der Waals surface area contributed by atoms with E-state index in [1.165, 1.54) is 17.0 Å². The van der Waals surface area contributed by atoms with Gasteiger partial charge in [-0.2, -0.15) is 0 Å². The molecular formula is C22H19ClFNO4. The van der Waals surface area contributed by atoms with Gasteiger partial charge in [0.15, 0.2) is 6.61 Å². The maximum Gasteiger partial charge on any atom is 0.343 e. The molecule has 0 saturated carbocycles. The summed E-state index contributed by atoms with van der Waals surface area (Å²) in [7, 11) is 3.22. The Hall–Kier alpha value is -3.12. The lowest BCUT2D eigenvalue weighted by Gasteiger charge is -2.18. The lowest BCUT2D eigenvalue weighted by atomic mass is 10.1. The van der Waals surface area contributed by atoms with Crippen molar-refractivity contribution in [2.24, 2.45) is 0 Å². The summed E-state index contributed by atoms with van der Waals surface area (Å²) in [6.07, 6.45) is 0. The van der Waals surface area contributed by atoms with Gasteiger partial charge in [0.1, 0.15) is 17.1 Å². The molecule has 29 heavy (non-hydrogen) atoms. The molecule has 3 aromatic carbocycles. The minimum atomic E-state index is -0.977. The monoisotopic (exact) mass is 415 g/mol. The van der Waals surface area contributed by atoms with Crippen molar-refractivity contribution in [1.29, 1.82) is 0 Å². The molecule has 0 bridgehead atoms. The molecule has 0 heterocycles. The standard InChI is InChI=1S/C22H19ClFNO4/c1-25(12-14-6-7-16-11-17(28-2)9-8-15(16)10-14)20(26)13-29-22(27)21-18(23)4-3-5-19(21)24/h3-11H,12-13H2,1-2H3. The molecule has 3 aromatic rings. The van der Waals surface area contributed by atoms with Crippen LogP contribution in [0.3, 0.4) is 0 Å². The molecule has 0 aliphatic carbocycles. The van der Waals surface area contributed by atoms with Crippen LogP contribution in [0.5, 0.6) is 5.75 Å². The fourth-order valence-electron chi connectivity index (χ4n) is 2.86. The molecule has 0 radical (unpaired) electrons. The van der Waals surface area contributed by atoms with Crippen LogP contribution in [0.2, 0.25) is 5.02 Å². The Morgan fingerprint density at radius 1 is 1.07 bits per heavy atom. The van der Waals surface area contributed by atoms with Crippen LogP contribution in [0, 0.1) is 5.82 Å². The molecule has 1 amide bonds. The van der Waals surface area contributed by atoms with E-state index in [0.717, 1.165) is 28.2 Å². The molecule has 0 atom stereocenters. The number of carbonyl (C=O) groups excluding carboxylic acids is 2. The van der Waals surface area contributed by atoms with Crippen molar-refractivity contribution in [3.63, 3.8) is 0 Å². The van der Waals surface area contributed by atoms with Crippen LogP contribution >= 0.6 is 11.6 Å². The number of nitrogens with zero attached hydrogens (tertiary/aromatic N) is 1. The second-order valence-electron chi connectivity index (χ2n) is 6.47. The molecule has 0 saturated heterocycles. The van der Waals surface area contributed by atoms with Crippen molar-refractivity contribution in [2.45, 2.75) is 6.54 Å². The van der Waals surface area contributed by atoms with Gasteiger partial charge in [-0.15, -0.1) is 0 Å². The number of rotatable bonds is 6. The Morgan fingerprint density at radius 3 is 2.52 bits per heavy atom. The molecular weight excluding hydrogens is 397 g/mol. The van der Waals surface area contributed by atoms with Gasteiger partial charge in [-0.25, -0.2) is 9.18 Å². The first-order valence-electron chi connectivity index (χ1n) is 8.81. The number of amides is 1. The first kappa shape index (κ1) is 20.6. The summed E-state index contributed by atoms with van der Waals surface area (Å²) in [5, 5.41) is 1.98. The van der Waals surface area contributed by atoms with Gasteiger partial charge in [0.05, 0.1) is 12.1 Å². The Morgan fingerprint density at radius 2 is 1.79 bits per heavy atom. The molecule has 3 rings (SSSR count). The van der Waals surface area contributed by atoms with Crippen molar-refractivity contribution in [3.05, 3.63) is 76.6 Å². The SMILES string of the molecule is COc1ccc2cc(CN(C)C(=O)COC(=O)c3c(F)cccc3Cl)ccc2c1. The minimum absolute atomic E-state index is 0.0661. The quantitative estimate of drug-likeness (QED) is 0.558. The number of hydrogen-bond acceptors (Lipinski definition) is 4. The lowest BCUT2D eigenvalue weighted by molar-refractivity contribution is -0.133. The molecule has 7 heteroatoms. The Bertz CT molecular complexity index is 1050.